The highest BCUT2D eigenvalue weighted by atomic mass is 32.2. The van der Waals surface area contributed by atoms with Crippen LogP contribution < -0.4 is 9.47 Å². The Kier molecular flexibility index (Phi) is 6.41. The maximum Gasteiger partial charge on any atom is 0.186 e. The van der Waals surface area contributed by atoms with Crippen molar-refractivity contribution in [2.24, 2.45) is 0 Å². The molecule has 0 saturated carbocycles. The number of rotatable bonds is 6. The zero-order valence-electron chi connectivity index (χ0n) is 13.9. The Balaban J connectivity index is 1.93. The Morgan fingerprint density at radius 3 is 2.13 bits per heavy atom. The fourth-order valence-electron chi connectivity index (χ4n) is 2.10. The van der Waals surface area contributed by atoms with Gasteiger partial charge in [-0.3, -0.25) is 4.79 Å². The van der Waals surface area contributed by atoms with Gasteiger partial charge in [0.2, 0.25) is 0 Å². The molecule has 0 aliphatic carbocycles. The second-order valence-electron chi connectivity index (χ2n) is 5.53. The van der Waals surface area contributed by atoms with E-state index in [1.807, 2.05) is 14.1 Å². The predicted molar refractivity (Wildman–Crippen MR) is 99.5 cm³/mol. The Bertz CT molecular complexity index is 661. The van der Waals surface area contributed by atoms with Crippen LogP contribution in [0, 0.1) is 0 Å². The number of aromatic nitrogens is 1. The van der Waals surface area contributed by atoms with Gasteiger partial charge in [0, 0.05) is 38.8 Å². The maximum absolute atomic E-state index is 10.9. The van der Waals surface area contributed by atoms with Crippen molar-refractivity contribution in [3.63, 3.8) is 0 Å². The van der Waals surface area contributed by atoms with Crippen LogP contribution in [-0.4, -0.2) is 25.0 Å². The van der Waals surface area contributed by atoms with E-state index in [4.69, 9.17) is 0 Å². The summed E-state index contributed by atoms with van der Waals surface area (Å²) in [6.45, 7) is 2.45. The smallest absolute Gasteiger partial charge is 0.186 e. The van der Waals surface area contributed by atoms with E-state index in [0.29, 0.717) is 0 Å². The molecule has 0 atom stereocenters. The summed E-state index contributed by atoms with van der Waals surface area (Å²) < 4.78 is 2.10. The van der Waals surface area contributed by atoms with Crippen LogP contribution in [-0.2, 0) is 11.3 Å². The summed E-state index contributed by atoms with van der Waals surface area (Å²) in [6, 6.07) is 12.6. The summed E-state index contributed by atoms with van der Waals surface area (Å²) in [4.78, 5) is 13.0. The van der Waals surface area contributed by atoms with E-state index in [1.54, 1.807) is 6.92 Å². The zero-order chi connectivity index (χ0) is 16.7. The molecule has 3 nitrogen and oxygen atoms in total. The van der Waals surface area contributed by atoms with Gasteiger partial charge >= 0.3 is 0 Å². The van der Waals surface area contributed by atoms with Gasteiger partial charge in [-0.2, -0.15) is 0 Å². The van der Waals surface area contributed by atoms with E-state index < -0.39 is 0 Å². The van der Waals surface area contributed by atoms with Crippen molar-refractivity contribution in [1.82, 2.24) is 0 Å². The average molecular weight is 327 g/mol. The highest BCUT2D eigenvalue weighted by molar-refractivity contribution is 8.13. The molecule has 23 heavy (non-hydrogen) atoms. The standard InChI is InChI=1S/C19H23N2OS/c1-16(22)23-15-14-21-12-10-18(11-13-21)5-4-17-6-8-19(9-7-17)20(2)3/h4-13H,14-15H2,1-3H3/q+1. The lowest BCUT2D eigenvalue weighted by molar-refractivity contribution is -0.692. The monoisotopic (exact) mass is 327 g/mol. The van der Waals surface area contributed by atoms with Crippen molar-refractivity contribution in [1.29, 1.82) is 0 Å². The number of nitrogens with zero attached hydrogens (tertiary/aromatic N) is 2. The average Bonchev–Trinajstić information content (AvgIpc) is 2.54. The molecule has 0 saturated heterocycles. The molecular formula is C19H23N2OS+. The number of hydrogen-bond acceptors (Lipinski definition) is 3. The van der Waals surface area contributed by atoms with E-state index in [0.717, 1.165) is 17.9 Å². The van der Waals surface area contributed by atoms with Crippen molar-refractivity contribution >= 4 is 34.7 Å². The number of hydrogen-bond donors (Lipinski definition) is 0. The number of thioether (sulfide) groups is 1. The van der Waals surface area contributed by atoms with Gasteiger partial charge in [0.1, 0.15) is 0 Å². The molecule has 1 aromatic heterocycles. The second kappa shape index (κ2) is 8.53. The Labute approximate surface area is 142 Å². The minimum atomic E-state index is 0.172. The summed E-state index contributed by atoms with van der Waals surface area (Å²) in [6.07, 6.45) is 8.33. The van der Waals surface area contributed by atoms with Crippen LogP contribution in [0.1, 0.15) is 18.1 Å². The number of pyridine rings is 1. The maximum atomic E-state index is 10.9. The van der Waals surface area contributed by atoms with Gasteiger partial charge in [-0.15, -0.1) is 0 Å². The Hall–Kier alpha value is -2.07. The Morgan fingerprint density at radius 2 is 1.61 bits per heavy atom. The Morgan fingerprint density at radius 1 is 1.04 bits per heavy atom. The van der Waals surface area contributed by atoms with Gasteiger partial charge in [0.25, 0.3) is 0 Å². The van der Waals surface area contributed by atoms with Crippen LogP contribution in [0.15, 0.2) is 48.8 Å². The van der Waals surface area contributed by atoms with E-state index in [2.05, 4.69) is 70.4 Å². The van der Waals surface area contributed by atoms with Crippen LogP contribution in [0.25, 0.3) is 12.2 Å². The quantitative estimate of drug-likeness (QED) is 0.759. The third-order valence-corrected chi connectivity index (χ3v) is 4.24. The van der Waals surface area contributed by atoms with Gasteiger partial charge in [-0.1, -0.05) is 36.0 Å². The first kappa shape index (κ1) is 17.3. The van der Waals surface area contributed by atoms with Crippen LogP contribution in [0.4, 0.5) is 5.69 Å². The summed E-state index contributed by atoms with van der Waals surface area (Å²) >= 11 is 1.36. The van der Waals surface area contributed by atoms with E-state index >= 15 is 0 Å². The number of benzene rings is 1. The van der Waals surface area contributed by atoms with Gasteiger partial charge in [-0.05, 0) is 23.3 Å². The summed E-state index contributed by atoms with van der Waals surface area (Å²) in [5.41, 5.74) is 3.55. The zero-order valence-corrected chi connectivity index (χ0v) is 14.7. The first-order chi connectivity index (χ1) is 11.0. The molecule has 1 aromatic carbocycles. The van der Waals surface area contributed by atoms with Crippen molar-refractivity contribution in [3.05, 3.63) is 59.9 Å². The van der Waals surface area contributed by atoms with E-state index in [-0.39, 0.29) is 5.12 Å². The normalized spacial score (nSPS) is 10.9. The van der Waals surface area contributed by atoms with Gasteiger partial charge in [0.05, 0.1) is 5.75 Å². The largest absolute Gasteiger partial charge is 0.378 e. The number of anilines is 1. The predicted octanol–water partition coefficient (Wildman–Crippen LogP) is 3.49. The van der Waals surface area contributed by atoms with E-state index in [1.165, 1.54) is 23.0 Å². The molecule has 0 amide bonds. The summed E-state index contributed by atoms with van der Waals surface area (Å²) in [7, 11) is 4.08. The molecule has 0 unspecified atom stereocenters. The molecule has 0 spiro atoms. The molecular weight excluding hydrogens is 304 g/mol. The number of carbonyl (C=O) groups excluding carboxylic acids is 1. The van der Waals surface area contributed by atoms with Crippen LogP contribution in [0.3, 0.4) is 0 Å². The summed E-state index contributed by atoms with van der Waals surface area (Å²) in [5, 5.41) is 0.172. The van der Waals surface area contributed by atoms with Crippen molar-refractivity contribution < 1.29 is 9.36 Å². The molecule has 0 aliphatic heterocycles. The first-order valence-electron chi connectivity index (χ1n) is 7.62. The SMILES string of the molecule is CC(=O)SCC[n+]1ccc(/C=C/c2ccc(N(C)C)cc2)cc1. The number of carbonyl (C=O) groups is 1. The van der Waals surface area contributed by atoms with Gasteiger partial charge in [-0.25, -0.2) is 4.57 Å². The molecule has 0 aliphatic rings. The van der Waals surface area contributed by atoms with E-state index in [9.17, 15) is 4.79 Å². The van der Waals surface area contributed by atoms with Crippen LogP contribution >= 0.6 is 11.8 Å². The number of aryl methyl sites for hydroxylation is 1. The third-order valence-electron chi connectivity index (χ3n) is 3.45. The highest BCUT2D eigenvalue weighted by Gasteiger charge is 2.01. The first-order valence-corrected chi connectivity index (χ1v) is 8.61. The van der Waals surface area contributed by atoms with Crippen LogP contribution in [0.5, 0.6) is 0 Å². The lowest BCUT2D eigenvalue weighted by Gasteiger charge is -2.11. The van der Waals surface area contributed by atoms with Gasteiger partial charge in [0.15, 0.2) is 24.1 Å². The minimum absolute atomic E-state index is 0.172. The topological polar surface area (TPSA) is 24.2 Å². The van der Waals surface area contributed by atoms with Crippen molar-refractivity contribution in [2.45, 2.75) is 13.5 Å². The molecule has 0 N–H and O–H groups in total. The van der Waals surface area contributed by atoms with Crippen LogP contribution in [0.2, 0.25) is 0 Å². The molecule has 4 heteroatoms. The lowest BCUT2D eigenvalue weighted by atomic mass is 10.1. The minimum Gasteiger partial charge on any atom is -0.378 e. The molecule has 1 heterocycles. The third kappa shape index (κ3) is 5.91. The molecule has 0 bridgehead atoms. The van der Waals surface area contributed by atoms with Crippen molar-refractivity contribution in [3.8, 4) is 0 Å². The lowest BCUT2D eigenvalue weighted by Crippen LogP contribution is -2.33. The molecule has 0 fully saturated rings. The molecule has 0 radical (unpaired) electrons. The van der Waals surface area contributed by atoms with Gasteiger partial charge < -0.3 is 4.90 Å². The fraction of sp³-hybridized carbons (Fsp3) is 0.263. The summed E-state index contributed by atoms with van der Waals surface area (Å²) in [5.74, 6) is 0.813. The highest BCUT2D eigenvalue weighted by Crippen LogP contribution is 2.14. The van der Waals surface area contributed by atoms with Crippen molar-refractivity contribution in [2.75, 3.05) is 24.7 Å². The second-order valence-corrected chi connectivity index (χ2v) is 6.80. The molecule has 2 rings (SSSR count). The molecule has 120 valence electrons. The fourth-order valence-corrected chi connectivity index (χ4v) is 2.69. The molecule has 2 aromatic rings.